The molecule has 9 rings (SSSR count). The van der Waals surface area contributed by atoms with E-state index >= 15 is 0 Å². The lowest BCUT2D eigenvalue weighted by molar-refractivity contribution is 0.669. The number of para-hydroxylation sites is 1. The summed E-state index contributed by atoms with van der Waals surface area (Å²) in [6, 6.07) is 62.9. The fraction of sp³-hybridized carbons (Fsp3) is 0. The molecule has 216 valence electrons. The predicted octanol–water partition coefficient (Wildman–Crippen LogP) is 12.7. The summed E-state index contributed by atoms with van der Waals surface area (Å²) in [4.78, 5) is 2.38. The molecule has 0 N–H and O–H groups in total. The third-order valence-corrected chi connectivity index (χ3v) is 9.02. The second kappa shape index (κ2) is 10.8. The molecule has 0 saturated carbocycles. The maximum absolute atomic E-state index is 6.35. The van der Waals surface area contributed by atoms with Gasteiger partial charge in [-0.25, -0.2) is 0 Å². The van der Waals surface area contributed by atoms with Crippen molar-refractivity contribution in [1.82, 2.24) is 0 Å². The van der Waals surface area contributed by atoms with Crippen molar-refractivity contribution >= 4 is 60.5 Å². The van der Waals surface area contributed by atoms with Gasteiger partial charge in [-0.1, -0.05) is 121 Å². The first-order valence-corrected chi connectivity index (χ1v) is 15.7. The number of rotatable bonds is 5. The van der Waals surface area contributed by atoms with E-state index in [2.05, 4.69) is 181 Å². The van der Waals surface area contributed by atoms with Gasteiger partial charge in [-0.05, 0) is 92.8 Å². The van der Waals surface area contributed by atoms with E-state index in [0.717, 1.165) is 50.1 Å². The summed E-state index contributed by atoms with van der Waals surface area (Å²) in [6.07, 6.45) is 0. The number of hydrogen-bond donors (Lipinski definition) is 0. The Morgan fingerprint density at radius 1 is 0.348 bits per heavy atom. The average Bonchev–Trinajstić information content (AvgIpc) is 3.48. The topological polar surface area (TPSA) is 16.4 Å². The largest absolute Gasteiger partial charge is 0.456 e. The Morgan fingerprint density at radius 2 is 0.935 bits per heavy atom. The van der Waals surface area contributed by atoms with Gasteiger partial charge in [-0.3, -0.25) is 0 Å². The van der Waals surface area contributed by atoms with E-state index in [4.69, 9.17) is 4.42 Å². The molecule has 2 nitrogen and oxygen atoms in total. The second-order valence-electron chi connectivity index (χ2n) is 11.8. The van der Waals surface area contributed by atoms with E-state index < -0.39 is 0 Å². The van der Waals surface area contributed by atoms with Crippen molar-refractivity contribution in [2.24, 2.45) is 0 Å². The second-order valence-corrected chi connectivity index (χ2v) is 11.8. The standard InChI is InChI=1S/C44H29NO/c1-2-10-30(11-3-1)32-18-22-37(23-19-32)45(38-24-20-31-12-4-5-13-33(31)26-38)42-17-9-8-16-39(42)36-21-25-43-40(28-36)41-27-34-14-6-7-15-35(34)29-44(41)46-43/h1-29H. The van der Waals surface area contributed by atoms with Crippen LogP contribution >= 0.6 is 0 Å². The highest BCUT2D eigenvalue weighted by molar-refractivity contribution is 6.11. The number of benzene rings is 8. The molecule has 0 spiro atoms. The fourth-order valence-electron chi connectivity index (χ4n) is 6.72. The molecule has 0 saturated heterocycles. The van der Waals surface area contributed by atoms with Gasteiger partial charge in [0, 0.05) is 27.7 Å². The maximum Gasteiger partial charge on any atom is 0.136 e. The Balaban J connectivity index is 1.22. The van der Waals surface area contributed by atoms with E-state index in [1.165, 1.54) is 32.7 Å². The highest BCUT2D eigenvalue weighted by Crippen LogP contribution is 2.43. The Hall–Kier alpha value is -6.12. The molecule has 0 amide bonds. The van der Waals surface area contributed by atoms with Crippen LogP contribution in [0.5, 0.6) is 0 Å². The SMILES string of the molecule is c1ccc(-c2ccc(N(c3ccc4ccccc4c3)c3ccccc3-c3ccc4oc5cc6ccccc6cc5c4c3)cc2)cc1. The molecule has 1 aromatic heterocycles. The predicted molar refractivity (Wildman–Crippen MR) is 194 cm³/mol. The van der Waals surface area contributed by atoms with E-state index in [-0.39, 0.29) is 0 Å². The number of furan rings is 1. The molecule has 0 bridgehead atoms. The number of hydrogen-bond acceptors (Lipinski definition) is 2. The third-order valence-electron chi connectivity index (χ3n) is 9.02. The molecular weight excluding hydrogens is 558 g/mol. The lowest BCUT2D eigenvalue weighted by Crippen LogP contribution is -2.11. The lowest BCUT2D eigenvalue weighted by Gasteiger charge is -2.28. The van der Waals surface area contributed by atoms with Crippen LogP contribution in [0.4, 0.5) is 17.1 Å². The minimum absolute atomic E-state index is 0.898. The van der Waals surface area contributed by atoms with Crippen LogP contribution in [0.1, 0.15) is 0 Å². The molecule has 0 unspecified atom stereocenters. The molecule has 8 aromatic carbocycles. The quantitative estimate of drug-likeness (QED) is 0.199. The van der Waals surface area contributed by atoms with Gasteiger partial charge in [0.2, 0.25) is 0 Å². The summed E-state index contributed by atoms with van der Waals surface area (Å²) in [7, 11) is 0. The number of nitrogens with zero attached hydrogens (tertiary/aromatic N) is 1. The van der Waals surface area contributed by atoms with Gasteiger partial charge in [0.1, 0.15) is 11.2 Å². The van der Waals surface area contributed by atoms with Crippen molar-refractivity contribution < 1.29 is 4.42 Å². The summed E-state index contributed by atoms with van der Waals surface area (Å²) >= 11 is 0. The normalized spacial score (nSPS) is 11.5. The monoisotopic (exact) mass is 587 g/mol. The van der Waals surface area contributed by atoms with Gasteiger partial charge < -0.3 is 9.32 Å². The van der Waals surface area contributed by atoms with Crippen molar-refractivity contribution in [1.29, 1.82) is 0 Å². The molecule has 0 radical (unpaired) electrons. The van der Waals surface area contributed by atoms with Crippen molar-refractivity contribution in [3.05, 3.63) is 176 Å². The lowest BCUT2D eigenvalue weighted by atomic mass is 9.98. The van der Waals surface area contributed by atoms with Crippen LogP contribution in [-0.4, -0.2) is 0 Å². The molecule has 0 aliphatic rings. The van der Waals surface area contributed by atoms with Crippen LogP contribution in [-0.2, 0) is 0 Å². The molecule has 1 heterocycles. The minimum Gasteiger partial charge on any atom is -0.456 e. The third kappa shape index (κ3) is 4.51. The van der Waals surface area contributed by atoms with Crippen LogP contribution < -0.4 is 4.90 Å². The van der Waals surface area contributed by atoms with Crippen molar-refractivity contribution in [3.63, 3.8) is 0 Å². The number of fused-ring (bicyclic) bond motifs is 5. The van der Waals surface area contributed by atoms with Crippen LogP contribution in [0.2, 0.25) is 0 Å². The summed E-state index contributed by atoms with van der Waals surface area (Å²) in [5.74, 6) is 0. The molecule has 0 fully saturated rings. The first-order valence-electron chi connectivity index (χ1n) is 15.7. The van der Waals surface area contributed by atoms with Crippen LogP contribution in [0.25, 0.3) is 65.7 Å². The molecule has 0 atom stereocenters. The summed E-state index contributed by atoms with van der Waals surface area (Å²) < 4.78 is 6.35. The Bertz CT molecular complexity index is 2530. The molecule has 46 heavy (non-hydrogen) atoms. The Labute approximate surface area is 267 Å². The van der Waals surface area contributed by atoms with Crippen molar-refractivity contribution in [2.75, 3.05) is 4.90 Å². The smallest absolute Gasteiger partial charge is 0.136 e. The fourth-order valence-corrected chi connectivity index (χ4v) is 6.72. The van der Waals surface area contributed by atoms with Crippen molar-refractivity contribution in [3.8, 4) is 22.3 Å². The molecular formula is C44H29NO. The van der Waals surface area contributed by atoms with Crippen LogP contribution in [0.15, 0.2) is 180 Å². The zero-order valence-electron chi connectivity index (χ0n) is 25.1. The van der Waals surface area contributed by atoms with E-state index in [1.807, 2.05) is 0 Å². The van der Waals surface area contributed by atoms with Gasteiger partial charge >= 0.3 is 0 Å². The minimum atomic E-state index is 0.898. The summed E-state index contributed by atoms with van der Waals surface area (Å²) in [5.41, 5.74) is 9.84. The number of anilines is 3. The first kappa shape index (κ1) is 26.3. The molecule has 0 aliphatic heterocycles. The van der Waals surface area contributed by atoms with Crippen LogP contribution in [0, 0.1) is 0 Å². The van der Waals surface area contributed by atoms with E-state index in [1.54, 1.807) is 0 Å². The van der Waals surface area contributed by atoms with Gasteiger partial charge in [0.25, 0.3) is 0 Å². The van der Waals surface area contributed by atoms with Gasteiger partial charge in [-0.15, -0.1) is 0 Å². The zero-order valence-corrected chi connectivity index (χ0v) is 25.1. The Kier molecular flexibility index (Phi) is 6.17. The van der Waals surface area contributed by atoms with Crippen molar-refractivity contribution in [2.45, 2.75) is 0 Å². The summed E-state index contributed by atoms with van der Waals surface area (Å²) in [6.45, 7) is 0. The first-order chi connectivity index (χ1) is 22.8. The van der Waals surface area contributed by atoms with E-state index in [9.17, 15) is 0 Å². The van der Waals surface area contributed by atoms with Gasteiger partial charge in [0.05, 0.1) is 5.69 Å². The summed E-state index contributed by atoms with van der Waals surface area (Å²) in [5, 5.41) is 7.09. The molecule has 9 aromatic rings. The van der Waals surface area contributed by atoms with Crippen LogP contribution in [0.3, 0.4) is 0 Å². The highest BCUT2D eigenvalue weighted by atomic mass is 16.3. The molecule has 0 aliphatic carbocycles. The average molecular weight is 588 g/mol. The molecule has 2 heteroatoms. The van der Waals surface area contributed by atoms with Gasteiger partial charge in [-0.2, -0.15) is 0 Å². The van der Waals surface area contributed by atoms with E-state index in [0.29, 0.717) is 0 Å². The highest BCUT2D eigenvalue weighted by Gasteiger charge is 2.19. The van der Waals surface area contributed by atoms with Gasteiger partial charge in [0.15, 0.2) is 0 Å². The Morgan fingerprint density at radius 3 is 1.74 bits per heavy atom. The zero-order chi connectivity index (χ0) is 30.5. The maximum atomic E-state index is 6.35.